The normalized spacial score (nSPS) is 10.8. The average Bonchev–Trinajstić information content (AvgIpc) is 3.33. The second kappa shape index (κ2) is 10.0. The van der Waals surface area contributed by atoms with Gasteiger partial charge < -0.3 is 15.8 Å². The fourth-order valence-electron chi connectivity index (χ4n) is 3.05. The number of primary amides is 1. The molecule has 32 heavy (non-hydrogen) atoms. The summed E-state index contributed by atoms with van der Waals surface area (Å²) in [6.45, 7) is 7.55. The van der Waals surface area contributed by atoms with Crippen LogP contribution in [0.5, 0.6) is 0 Å². The number of imidazole rings is 1. The monoisotopic (exact) mass is 472 g/mol. The van der Waals surface area contributed by atoms with E-state index >= 15 is 0 Å². The quantitative estimate of drug-likeness (QED) is 0.380. The number of nitrogens with one attached hydrogen (secondary N) is 1. The zero-order chi connectivity index (χ0) is 23.4. The molecule has 0 saturated carbocycles. The molecule has 1 aromatic carbocycles. The zero-order valence-electron chi connectivity index (χ0n) is 18.2. The van der Waals surface area contributed by atoms with Crippen molar-refractivity contribution in [2.45, 2.75) is 32.9 Å². The van der Waals surface area contributed by atoms with Gasteiger partial charge in [0.1, 0.15) is 5.00 Å². The standard InChI is InChI=1S/C22H24N4O4S2/c1-5-30-21(29)17-14(4)18(19(23)28)32-20(17)25-16(27)11-31-22-24-8-9-26(22)15-7-6-12(2)13(3)10-15/h6-10H,5,11H2,1-4H3,(H2,23,28)(H,25,27). The maximum absolute atomic E-state index is 12.6. The van der Waals surface area contributed by atoms with E-state index in [0.717, 1.165) is 22.6 Å². The maximum Gasteiger partial charge on any atom is 0.341 e. The van der Waals surface area contributed by atoms with Gasteiger partial charge in [0, 0.05) is 18.1 Å². The van der Waals surface area contributed by atoms with Crippen molar-refractivity contribution in [1.29, 1.82) is 0 Å². The summed E-state index contributed by atoms with van der Waals surface area (Å²) in [4.78, 5) is 41.3. The molecule has 0 unspecified atom stereocenters. The minimum atomic E-state index is -0.664. The molecule has 2 aromatic heterocycles. The van der Waals surface area contributed by atoms with Crippen molar-refractivity contribution in [3.63, 3.8) is 0 Å². The Morgan fingerprint density at radius 1 is 1.22 bits per heavy atom. The van der Waals surface area contributed by atoms with Gasteiger partial charge in [0.05, 0.1) is 22.8 Å². The lowest BCUT2D eigenvalue weighted by Gasteiger charge is -2.10. The van der Waals surface area contributed by atoms with Crippen LogP contribution in [0.4, 0.5) is 5.00 Å². The van der Waals surface area contributed by atoms with E-state index in [9.17, 15) is 14.4 Å². The number of benzene rings is 1. The number of aromatic nitrogens is 2. The molecule has 8 nitrogen and oxygen atoms in total. The van der Waals surface area contributed by atoms with Gasteiger partial charge in [0.25, 0.3) is 5.91 Å². The summed E-state index contributed by atoms with van der Waals surface area (Å²) in [5.74, 6) is -1.55. The van der Waals surface area contributed by atoms with Gasteiger partial charge in [0.2, 0.25) is 5.91 Å². The molecule has 168 valence electrons. The number of rotatable bonds is 8. The second-order valence-electron chi connectivity index (χ2n) is 7.03. The topological polar surface area (TPSA) is 116 Å². The number of carbonyl (C=O) groups excluding carboxylic acids is 3. The first-order valence-electron chi connectivity index (χ1n) is 9.86. The van der Waals surface area contributed by atoms with Gasteiger partial charge >= 0.3 is 5.97 Å². The smallest absolute Gasteiger partial charge is 0.341 e. The SMILES string of the molecule is CCOC(=O)c1c(NC(=O)CSc2nccn2-c2ccc(C)c(C)c2)sc(C(N)=O)c1C. The van der Waals surface area contributed by atoms with E-state index in [1.54, 1.807) is 20.0 Å². The molecule has 0 aliphatic rings. The highest BCUT2D eigenvalue weighted by atomic mass is 32.2. The second-order valence-corrected chi connectivity index (χ2v) is 8.99. The highest BCUT2D eigenvalue weighted by Gasteiger charge is 2.25. The summed E-state index contributed by atoms with van der Waals surface area (Å²) >= 11 is 2.23. The van der Waals surface area contributed by atoms with Gasteiger partial charge in [-0.25, -0.2) is 9.78 Å². The van der Waals surface area contributed by atoms with Crippen LogP contribution >= 0.6 is 23.1 Å². The predicted molar refractivity (Wildman–Crippen MR) is 126 cm³/mol. The molecule has 0 fully saturated rings. The highest BCUT2D eigenvalue weighted by molar-refractivity contribution is 7.99. The molecule has 3 rings (SSSR count). The Hall–Kier alpha value is -3.11. The minimum absolute atomic E-state index is 0.0625. The Bertz CT molecular complexity index is 1180. The van der Waals surface area contributed by atoms with Crippen molar-refractivity contribution >= 4 is 45.9 Å². The van der Waals surface area contributed by atoms with Crippen LogP contribution in [0.15, 0.2) is 35.7 Å². The first-order chi connectivity index (χ1) is 15.2. The lowest BCUT2D eigenvalue weighted by atomic mass is 10.1. The van der Waals surface area contributed by atoms with Crippen LogP contribution in [-0.4, -0.2) is 39.7 Å². The largest absolute Gasteiger partial charge is 0.462 e. The lowest BCUT2D eigenvalue weighted by Crippen LogP contribution is -2.17. The van der Waals surface area contributed by atoms with Gasteiger partial charge in [0.15, 0.2) is 5.16 Å². The molecule has 0 atom stereocenters. The third-order valence-electron chi connectivity index (χ3n) is 4.81. The number of thiophene rings is 1. The van der Waals surface area contributed by atoms with Crippen molar-refractivity contribution in [3.8, 4) is 5.69 Å². The maximum atomic E-state index is 12.6. The van der Waals surface area contributed by atoms with Gasteiger partial charge in [-0.05, 0) is 56.5 Å². The van der Waals surface area contributed by atoms with Crippen LogP contribution in [-0.2, 0) is 9.53 Å². The fraction of sp³-hybridized carbons (Fsp3) is 0.273. The molecule has 0 radical (unpaired) electrons. The molecule has 3 aromatic rings. The highest BCUT2D eigenvalue weighted by Crippen LogP contribution is 2.34. The number of aryl methyl sites for hydroxylation is 2. The van der Waals surface area contributed by atoms with E-state index in [-0.39, 0.29) is 33.7 Å². The Morgan fingerprint density at radius 2 is 1.97 bits per heavy atom. The van der Waals surface area contributed by atoms with Crippen LogP contribution in [0, 0.1) is 20.8 Å². The van der Waals surface area contributed by atoms with Crippen molar-refractivity contribution in [2.75, 3.05) is 17.7 Å². The number of hydrogen-bond donors (Lipinski definition) is 2. The van der Waals surface area contributed by atoms with Crippen molar-refractivity contribution in [1.82, 2.24) is 9.55 Å². The summed E-state index contributed by atoms with van der Waals surface area (Å²) < 4.78 is 6.98. The van der Waals surface area contributed by atoms with E-state index in [1.165, 1.54) is 17.3 Å². The Kier molecular flexibility index (Phi) is 7.37. The van der Waals surface area contributed by atoms with Crippen molar-refractivity contribution < 1.29 is 19.1 Å². The number of esters is 1. The van der Waals surface area contributed by atoms with E-state index in [1.807, 2.05) is 36.7 Å². The van der Waals surface area contributed by atoms with Crippen LogP contribution in [0.25, 0.3) is 5.69 Å². The van der Waals surface area contributed by atoms with Crippen LogP contribution in [0.3, 0.4) is 0 Å². The lowest BCUT2D eigenvalue weighted by molar-refractivity contribution is -0.113. The molecule has 10 heteroatoms. The van der Waals surface area contributed by atoms with Gasteiger partial charge in [-0.1, -0.05) is 17.8 Å². The number of thioether (sulfide) groups is 1. The zero-order valence-corrected chi connectivity index (χ0v) is 19.9. The van der Waals surface area contributed by atoms with Crippen molar-refractivity contribution in [3.05, 3.63) is 57.7 Å². The third-order valence-corrected chi connectivity index (χ3v) is 7.00. The number of nitrogens with two attached hydrogens (primary N) is 1. The fourth-order valence-corrected chi connectivity index (χ4v) is 4.88. The number of carbonyl (C=O) groups is 3. The number of amides is 2. The van der Waals surface area contributed by atoms with E-state index in [2.05, 4.69) is 16.4 Å². The Balaban J connectivity index is 1.76. The molecule has 0 spiro atoms. The van der Waals surface area contributed by atoms with Crippen LogP contribution < -0.4 is 11.1 Å². The number of nitrogens with zero attached hydrogens (tertiary/aromatic N) is 2. The number of hydrogen-bond acceptors (Lipinski definition) is 7. The molecule has 2 amide bonds. The van der Waals surface area contributed by atoms with Crippen LogP contribution in [0.1, 0.15) is 43.6 Å². The first kappa shape index (κ1) is 23.6. The molecule has 3 N–H and O–H groups in total. The first-order valence-corrected chi connectivity index (χ1v) is 11.7. The predicted octanol–water partition coefficient (Wildman–Crippen LogP) is 3.87. The summed E-state index contributed by atoms with van der Waals surface area (Å²) in [6.07, 6.45) is 3.51. The Labute approximate surface area is 194 Å². The summed E-state index contributed by atoms with van der Waals surface area (Å²) in [5, 5.41) is 3.63. The summed E-state index contributed by atoms with van der Waals surface area (Å²) in [5.41, 5.74) is 9.27. The van der Waals surface area contributed by atoms with E-state index in [0.29, 0.717) is 10.7 Å². The summed E-state index contributed by atoms with van der Waals surface area (Å²) in [6, 6.07) is 6.10. The molecule has 0 bridgehead atoms. The van der Waals surface area contributed by atoms with Crippen molar-refractivity contribution in [2.24, 2.45) is 5.73 Å². The molecule has 0 saturated heterocycles. The molecular weight excluding hydrogens is 448 g/mol. The molecule has 2 heterocycles. The molecule has 0 aliphatic heterocycles. The average molecular weight is 473 g/mol. The van der Waals surface area contributed by atoms with E-state index in [4.69, 9.17) is 10.5 Å². The Morgan fingerprint density at radius 3 is 2.62 bits per heavy atom. The molecular formula is C22H24N4O4S2. The van der Waals surface area contributed by atoms with Gasteiger partial charge in [-0.3, -0.25) is 14.2 Å². The minimum Gasteiger partial charge on any atom is -0.462 e. The van der Waals surface area contributed by atoms with Crippen LogP contribution in [0.2, 0.25) is 0 Å². The number of anilines is 1. The van der Waals surface area contributed by atoms with Gasteiger partial charge in [-0.2, -0.15) is 0 Å². The summed E-state index contributed by atoms with van der Waals surface area (Å²) in [7, 11) is 0. The van der Waals surface area contributed by atoms with Gasteiger partial charge in [-0.15, -0.1) is 11.3 Å². The third kappa shape index (κ3) is 5.03. The number of ether oxygens (including phenoxy) is 1. The molecule has 0 aliphatic carbocycles. The van der Waals surface area contributed by atoms with E-state index < -0.39 is 11.9 Å².